The molecule has 0 aliphatic carbocycles. The van der Waals surface area contributed by atoms with Gasteiger partial charge in [-0.1, -0.05) is 12.1 Å². The first-order valence-corrected chi connectivity index (χ1v) is 7.78. The molecular formula is C12H20N2O4S. The molecule has 0 fully saturated rings. The van der Waals surface area contributed by atoms with Gasteiger partial charge in [-0.25, -0.2) is 8.42 Å². The number of anilines is 1. The monoisotopic (exact) mass is 288 g/mol. The van der Waals surface area contributed by atoms with Gasteiger partial charge in [-0.3, -0.25) is 10.0 Å². The van der Waals surface area contributed by atoms with E-state index in [2.05, 4.69) is 10.0 Å². The molecule has 4 N–H and O–H groups in total. The highest BCUT2D eigenvalue weighted by Gasteiger charge is 2.19. The van der Waals surface area contributed by atoms with Crippen molar-refractivity contribution in [3.8, 4) is 0 Å². The van der Waals surface area contributed by atoms with E-state index in [1.807, 2.05) is 13.8 Å². The predicted octanol–water partition coefficient (Wildman–Crippen LogP) is 0.408. The molecular weight excluding hydrogens is 268 g/mol. The first-order valence-electron chi connectivity index (χ1n) is 5.89. The lowest BCUT2D eigenvalue weighted by molar-refractivity contribution is -0.00782. The molecule has 0 saturated carbocycles. The van der Waals surface area contributed by atoms with Crippen molar-refractivity contribution in [3.05, 3.63) is 29.8 Å². The lowest BCUT2D eigenvalue weighted by atomic mass is 10.1. The zero-order chi connectivity index (χ0) is 14.6. The topological polar surface area (TPSA) is 98.7 Å². The number of hydrogen-bond donors (Lipinski definition) is 4. The molecule has 0 aliphatic rings. The van der Waals surface area contributed by atoms with Crippen LogP contribution in [-0.4, -0.2) is 37.2 Å². The van der Waals surface area contributed by atoms with Gasteiger partial charge in [0.05, 0.1) is 6.26 Å². The first kappa shape index (κ1) is 15.9. The lowest BCUT2D eigenvalue weighted by Crippen LogP contribution is -2.39. The minimum atomic E-state index is -3.37. The molecule has 1 aromatic rings. The average Bonchev–Trinajstić information content (AvgIpc) is 2.25. The second-order valence-corrected chi connectivity index (χ2v) is 6.46. The summed E-state index contributed by atoms with van der Waals surface area (Å²) in [5, 5.41) is 22.5. The highest BCUT2D eigenvalue weighted by atomic mass is 32.2. The van der Waals surface area contributed by atoms with E-state index >= 15 is 0 Å². The van der Waals surface area contributed by atoms with Crippen LogP contribution in [-0.2, 0) is 10.0 Å². The highest BCUT2D eigenvalue weighted by Crippen LogP contribution is 2.20. The molecule has 1 aromatic carbocycles. The van der Waals surface area contributed by atoms with E-state index in [9.17, 15) is 18.6 Å². The van der Waals surface area contributed by atoms with E-state index in [1.165, 1.54) is 6.07 Å². The van der Waals surface area contributed by atoms with Gasteiger partial charge in [-0.15, -0.1) is 0 Å². The van der Waals surface area contributed by atoms with E-state index in [1.54, 1.807) is 18.2 Å². The quantitative estimate of drug-likeness (QED) is 0.568. The van der Waals surface area contributed by atoms with Crippen LogP contribution >= 0.6 is 0 Å². The lowest BCUT2D eigenvalue weighted by Gasteiger charge is -2.22. The fraction of sp³-hybridized carbons (Fsp3) is 0.500. The molecule has 0 saturated heterocycles. The van der Waals surface area contributed by atoms with Gasteiger partial charge in [0.25, 0.3) is 0 Å². The van der Waals surface area contributed by atoms with E-state index in [4.69, 9.17) is 0 Å². The van der Waals surface area contributed by atoms with Crippen molar-refractivity contribution in [2.45, 2.75) is 32.2 Å². The van der Waals surface area contributed by atoms with Gasteiger partial charge in [0.2, 0.25) is 10.0 Å². The Morgan fingerprint density at radius 1 is 1.21 bits per heavy atom. The van der Waals surface area contributed by atoms with Crippen LogP contribution in [0, 0.1) is 0 Å². The molecule has 2 unspecified atom stereocenters. The maximum absolute atomic E-state index is 11.1. The number of rotatable bonds is 6. The molecule has 0 radical (unpaired) electrons. The van der Waals surface area contributed by atoms with Crippen molar-refractivity contribution < 1.29 is 18.6 Å². The summed E-state index contributed by atoms with van der Waals surface area (Å²) in [6.45, 7) is 3.69. The number of hydrogen-bond acceptors (Lipinski definition) is 5. The maximum atomic E-state index is 11.1. The molecule has 0 amide bonds. The molecule has 108 valence electrons. The summed E-state index contributed by atoms with van der Waals surface area (Å²) in [5.74, 6) is 0. The van der Waals surface area contributed by atoms with Crippen molar-refractivity contribution in [2.75, 3.05) is 11.0 Å². The highest BCUT2D eigenvalue weighted by molar-refractivity contribution is 7.92. The third-order valence-electron chi connectivity index (χ3n) is 2.33. The first-order chi connectivity index (χ1) is 8.69. The molecule has 1 rings (SSSR count). The number of benzene rings is 1. The van der Waals surface area contributed by atoms with E-state index < -0.39 is 22.4 Å². The Labute approximate surface area is 113 Å². The van der Waals surface area contributed by atoms with Gasteiger partial charge in [-0.2, -0.15) is 0 Å². The largest absolute Gasteiger partial charge is 0.384 e. The van der Waals surface area contributed by atoms with Crippen molar-refractivity contribution in [1.29, 1.82) is 0 Å². The summed E-state index contributed by atoms with van der Waals surface area (Å²) in [5.41, 5.74) is 0.769. The minimum absolute atomic E-state index is 0.0157. The smallest absolute Gasteiger partial charge is 0.229 e. The summed E-state index contributed by atoms with van der Waals surface area (Å²) in [6.07, 6.45) is -1.21. The second-order valence-electron chi connectivity index (χ2n) is 4.71. The van der Waals surface area contributed by atoms with E-state index in [0.717, 1.165) is 6.26 Å². The zero-order valence-corrected chi connectivity index (χ0v) is 12.0. The summed E-state index contributed by atoms with van der Waals surface area (Å²) in [6, 6.07) is 6.29. The van der Waals surface area contributed by atoms with Crippen LogP contribution in [0.3, 0.4) is 0 Å². The van der Waals surface area contributed by atoms with Crippen LogP contribution in [0.1, 0.15) is 25.5 Å². The summed E-state index contributed by atoms with van der Waals surface area (Å²) in [7, 11) is -3.37. The molecule has 0 aromatic heterocycles. The third kappa shape index (κ3) is 5.56. The van der Waals surface area contributed by atoms with E-state index in [-0.39, 0.29) is 6.04 Å². The molecule has 0 heterocycles. The molecule has 7 heteroatoms. The van der Waals surface area contributed by atoms with Crippen molar-refractivity contribution >= 4 is 15.7 Å². The fourth-order valence-corrected chi connectivity index (χ4v) is 2.17. The normalized spacial score (nSPS) is 15.3. The number of nitrogens with one attached hydrogen (secondary N) is 2. The Hall–Kier alpha value is -1.15. The van der Waals surface area contributed by atoms with Crippen molar-refractivity contribution in [3.63, 3.8) is 0 Å². The van der Waals surface area contributed by atoms with Crippen LogP contribution < -0.4 is 10.0 Å². The van der Waals surface area contributed by atoms with Gasteiger partial charge in [0.15, 0.2) is 0 Å². The Morgan fingerprint density at radius 2 is 1.84 bits per heavy atom. The summed E-state index contributed by atoms with van der Waals surface area (Å²) in [4.78, 5) is 0. The Kier molecular flexibility index (Phi) is 5.30. The summed E-state index contributed by atoms with van der Waals surface area (Å²) >= 11 is 0. The number of aliphatic hydroxyl groups is 2. The maximum Gasteiger partial charge on any atom is 0.229 e. The number of aliphatic hydroxyl groups excluding tert-OH is 2. The summed E-state index contributed by atoms with van der Waals surface area (Å²) < 4.78 is 24.6. The Balaban J connectivity index is 2.86. The van der Waals surface area contributed by atoms with Gasteiger partial charge in [0.1, 0.15) is 12.3 Å². The van der Waals surface area contributed by atoms with Crippen LogP contribution in [0.15, 0.2) is 24.3 Å². The van der Waals surface area contributed by atoms with Crippen LogP contribution in [0.2, 0.25) is 0 Å². The molecule has 6 nitrogen and oxygen atoms in total. The van der Waals surface area contributed by atoms with Crippen LogP contribution in [0.4, 0.5) is 5.69 Å². The minimum Gasteiger partial charge on any atom is -0.384 e. The molecule has 0 bridgehead atoms. The number of sulfonamides is 1. The SMILES string of the molecule is CC(C)NC(O)C(O)c1cccc(NS(C)(=O)=O)c1. The van der Waals surface area contributed by atoms with Gasteiger partial charge in [0, 0.05) is 11.7 Å². The van der Waals surface area contributed by atoms with Crippen LogP contribution in [0.25, 0.3) is 0 Å². The Morgan fingerprint density at radius 3 is 2.37 bits per heavy atom. The predicted molar refractivity (Wildman–Crippen MR) is 74.1 cm³/mol. The van der Waals surface area contributed by atoms with Gasteiger partial charge < -0.3 is 10.2 Å². The second kappa shape index (κ2) is 6.33. The standard InChI is InChI=1S/C12H20N2O4S/c1-8(2)13-12(16)11(15)9-5-4-6-10(7-9)14-19(3,17)18/h4-8,11-16H,1-3H3. The molecule has 0 aliphatic heterocycles. The van der Waals surface area contributed by atoms with E-state index in [0.29, 0.717) is 11.3 Å². The third-order valence-corrected chi connectivity index (χ3v) is 2.94. The van der Waals surface area contributed by atoms with Crippen molar-refractivity contribution in [2.24, 2.45) is 0 Å². The Bertz CT molecular complexity index is 516. The molecule has 0 spiro atoms. The van der Waals surface area contributed by atoms with Crippen LogP contribution in [0.5, 0.6) is 0 Å². The van der Waals surface area contributed by atoms with Gasteiger partial charge >= 0.3 is 0 Å². The molecule has 2 atom stereocenters. The van der Waals surface area contributed by atoms with Gasteiger partial charge in [-0.05, 0) is 31.5 Å². The fourth-order valence-electron chi connectivity index (χ4n) is 1.62. The zero-order valence-electron chi connectivity index (χ0n) is 11.2. The molecule has 19 heavy (non-hydrogen) atoms. The van der Waals surface area contributed by atoms with Crippen molar-refractivity contribution in [1.82, 2.24) is 5.32 Å². The average molecular weight is 288 g/mol.